The first-order valence-electron chi connectivity index (χ1n) is 3.42. The maximum absolute atomic E-state index is 9.39. The van der Waals surface area contributed by atoms with E-state index < -0.39 is 0 Å². The molecule has 0 rings (SSSR count). The van der Waals surface area contributed by atoms with E-state index in [0.29, 0.717) is 12.0 Å². The molecule has 0 saturated heterocycles. The van der Waals surface area contributed by atoms with Crippen LogP contribution in [0.1, 0.15) is 20.8 Å². The van der Waals surface area contributed by atoms with Crippen LogP contribution >= 0.6 is 0 Å². The van der Waals surface area contributed by atoms with Crippen LogP contribution in [0.5, 0.6) is 0 Å². The molecule has 56 valence electrons. The first-order chi connectivity index (χ1) is 3.85. The summed E-state index contributed by atoms with van der Waals surface area (Å²) in [6.07, 6.45) is 0. The van der Waals surface area contributed by atoms with E-state index in [1.54, 1.807) is 14.1 Å². The highest BCUT2D eigenvalue weighted by atomic mass is 16.5. The molecule has 0 aliphatic carbocycles. The second-order valence-electron chi connectivity index (χ2n) is 3.46. The Balaban J connectivity index is 3.88. The van der Waals surface area contributed by atoms with Gasteiger partial charge in [0.15, 0.2) is 0 Å². The van der Waals surface area contributed by atoms with Crippen molar-refractivity contribution < 1.29 is 9.85 Å². The van der Waals surface area contributed by atoms with Crippen molar-refractivity contribution in [3.63, 3.8) is 0 Å². The van der Waals surface area contributed by atoms with Gasteiger partial charge >= 0.3 is 0 Å². The molecular weight excluding hydrogens is 114 g/mol. The standard InChI is InChI=1S/C7H18NO/c1-6(2)7(3)8(4,5)9/h6-7,9H,1-5H3/q+1. The van der Waals surface area contributed by atoms with Gasteiger partial charge < -0.3 is 0 Å². The number of hydrogen-bond donors (Lipinski definition) is 1. The lowest BCUT2D eigenvalue weighted by Crippen LogP contribution is -2.46. The fraction of sp³-hybridized carbons (Fsp3) is 1.00. The molecule has 0 aromatic heterocycles. The summed E-state index contributed by atoms with van der Waals surface area (Å²) >= 11 is 0. The van der Waals surface area contributed by atoms with Crippen LogP contribution in [0.2, 0.25) is 0 Å². The third kappa shape index (κ3) is 2.82. The number of nitrogens with zero attached hydrogens (tertiary/aromatic N) is 1. The van der Waals surface area contributed by atoms with Crippen LogP contribution in [-0.4, -0.2) is 30.0 Å². The minimum absolute atomic E-state index is 0.0671. The largest absolute Gasteiger partial charge is 0.217 e. The van der Waals surface area contributed by atoms with E-state index in [4.69, 9.17) is 0 Å². The Morgan fingerprint density at radius 3 is 1.44 bits per heavy atom. The van der Waals surface area contributed by atoms with Crippen LogP contribution in [0.4, 0.5) is 0 Å². The molecule has 0 radical (unpaired) electrons. The van der Waals surface area contributed by atoms with Gasteiger partial charge in [0, 0.05) is 5.92 Å². The van der Waals surface area contributed by atoms with Gasteiger partial charge in [-0.25, -0.2) is 5.21 Å². The highest BCUT2D eigenvalue weighted by molar-refractivity contribution is 4.51. The zero-order valence-corrected chi connectivity index (χ0v) is 7.05. The predicted octanol–water partition coefficient (Wildman–Crippen LogP) is 1.50. The molecule has 0 aliphatic heterocycles. The van der Waals surface area contributed by atoms with Gasteiger partial charge in [0.25, 0.3) is 0 Å². The Morgan fingerprint density at radius 2 is 1.44 bits per heavy atom. The van der Waals surface area contributed by atoms with Crippen LogP contribution in [0.3, 0.4) is 0 Å². The summed E-state index contributed by atoms with van der Waals surface area (Å²) in [4.78, 5) is 0. The summed E-state index contributed by atoms with van der Waals surface area (Å²) in [5, 5.41) is 9.39. The van der Waals surface area contributed by atoms with Gasteiger partial charge in [0.1, 0.15) is 6.04 Å². The molecule has 0 aliphatic rings. The molecule has 0 fully saturated rings. The summed E-state index contributed by atoms with van der Waals surface area (Å²) in [7, 11) is 3.59. The number of quaternary nitrogens is 1. The molecule has 0 saturated carbocycles. The molecule has 1 atom stereocenters. The lowest BCUT2D eigenvalue weighted by molar-refractivity contribution is -1.09. The number of hydroxylamine groups is 3. The SMILES string of the molecule is CC(C)C(C)[N+](C)(C)O. The number of hydrogen-bond acceptors (Lipinski definition) is 1. The van der Waals surface area contributed by atoms with Crippen LogP contribution in [0.15, 0.2) is 0 Å². The Kier molecular flexibility index (Phi) is 2.65. The molecule has 0 amide bonds. The van der Waals surface area contributed by atoms with Crippen molar-refractivity contribution >= 4 is 0 Å². The highest BCUT2D eigenvalue weighted by Crippen LogP contribution is 2.10. The minimum atomic E-state index is 0.0671. The molecule has 1 unspecified atom stereocenters. The fourth-order valence-corrected chi connectivity index (χ4v) is 0.730. The first-order valence-corrected chi connectivity index (χ1v) is 3.42. The monoisotopic (exact) mass is 132 g/mol. The molecule has 2 nitrogen and oxygen atoms in total. The molecule has 0 heterocycles. The second kappa shape index (κ2) is 2.67. The second-order valence-corrected chi connectivity index (χ2v) is 3.46. The Bertz CT molecular complexity index is 83.4. The van der Waals surface area contributed by atoms with Crippen LogP contribution in [0, 0.1) is 5.92 Å². The smallest absolute Gasteiger partial charge is 0.118 e. The van der Waals surface area contributed by atoms with Crippen molar-refractivity contribution in [3.05, 3.63) is 0 Å². The normalized spacial score (nSPS) is 16.3. The van der Waals surface area contributed by atoms with Crippen molar-refractivity contribution in [1.29, 1.82) is 0 Å². The molecule has 1 N–H and O–H groups in total. The Labute approximate surface area is 57.6 Å². The summed E-state index contributed by atoms with van der Waals surface area (Å²) in [5.41, 5.74) is 0. The minimum Gasteiger partial charge on any atom is -0.217 e. The molecule has 0 aromatic rings. The maximum Gasteiger partial charge on any atom is 0.118 e. The van der Waals surface area contributed by atoms with E-state index in [9.17, 15) is 5.21 Å². The van der Waals surface area contributed by atoms with Crippen molar-refractivity contribution in [2.24, 2.45) is 5.92 Å². The topological polar surface area (TPSA) is 20.2 Å². The van der Waals surface area contributed by atoms with Gasteiger partial charge in [0.05, 0.1) is 14.1 Å². The molecule has 9 heavy (non-hydrogen) atoms. The Morgan fingerprint density at radius 1 is 1.11 bits per heavy atom. The number of rotatable bonds is 2. The van der Waals surface area contributed by atoms with Gasteiger partial charge in [-0.05, 0) is 6.92 Å². The summed E-state index contributed by atoms with van der Waals surface area (Å²) in [6.45, 7) is 6.27. The molecule has 2 heteroatoms. The summed E-state index contributed by atoms with van der Waals surface area (Å²) in [6, 6.07) is 0.310. The van der Waals surface area contributed by atoms with E-state index in [1.807, 2.05) is 6.92 Å². The van der Waals surface area contributed by atoms with Crippen molar-refractivity contribution in [2.75, 3.05) is 14.1 Å². The van der Waals surface area contributed by atoms with Gasteiger partial charge in [-0.1, -0.05) is 13.8 Å². The van der Waals surface area contributed by atoms with E-state index in [2.05, 4.69) is 13.8 Å². The van der Waals surface area contributed by atoms with Crippen molar-refractivity contribution in [2.45, 2.75) is 26.8 Å². The van der Waals surface area contributed by atoms with E-state index in [1.165, 1.54) is 0 Å². The molecule has 0 bridgehead atoms. The van der Waals surface area contributed by atoms with Gasteiger partial charge in [-0.3, -0.25) is 0 Å². The van der Waals surface area contributed by atoms with Crippen LogP contribution in [-0.2, 0) is 0 Å². The van der Waals surface area contributed by atoms with Gasteiger partial charge in [-0.15, -0.1) is 0 Å². The lowest BCUT2D eigenvalue weighted by atomic mass is 10.1. The average molecular weight is 132 g/mol. The van der Waals surface area contributed by atoms with Crippen molar-refractivity contribution in [1.82, 2.24) is 0 Å². The van der Waals surface area contributed by atoms with Gasteiger partial charge in [0.2, 0.25) is 0 Å². The molecule has 0 spiro atoms. The highest BCUT2D eigenvalue weighted by Gasteiger charge is 2.24. The fourth-order valence-electron chi connectivity index (χ4n) is 0.730. The zero-order valence-electron chi connectivity index (χ0n) is 7.05. The van der Waals surface area contributed by atoms with Gasteiger partial charge in [-0.2, -0.15) is 4.65 Å². The predicted molar refractivity (Wildman–Crippen MR) is 38.2 cm³/mol. The van der Waals surface area contributed by atoms with E-state index >= 15 is 0 Å². The Hall–Kier alpha value is -0.0800. The average Bonchev–Trinajstić information content (AvgIpc) is 1.62. The third-order valence-corrected chi connectivity index (χ3v) is 1.96. The zero-order chi connectivity index (χ0) is 7.65. The molecular formula is C7H18NO+. The lowest BCUT2D eigenvalue weighted by Gasteiger charge is -2.29. The van der Waals surface area contributed by atoms with Crippen LogP contribution < -0.4 is 0 Å². The molecule has 0 aromatic carbocycles. The van der Waals surface area contributed by atoms with E-state index in [-0.39, 0.29) is 4.65 Å². The summed E-state index contributed by atoms with van der Waals surface area (Å²) in [5.74, 6) is 0.532. The third-order valence-electron chi connectivity index (χ3n) is 1.96. The van der Waals surface area contributed by atoms with Crippen molar-refractivity contribution in [3.8, 4) is 0 Å². The van der Waals surface area contributed by atoms with E-state index in [0.717, 1.165) is 0 Å². The first kappa shape index (κ1) is 8.92. The van der Waals surface area contributed by atoms with Crippen LogP contribution in [0.25, 0.3) is 0 Å². The quantitative estimate of drug-likeness (QED) is 0.446. The maximum atomic E-state index is 9.39. The summed E-state index contributed by atoms with van der Waals surface area (Å²) < 4.78 is 0.0671.